The number of esters is 1. The van der Waals surface area contributed by atoms with Gasteiger partial charge in [-0.15, -0.1) is 13.2 Å². The summed E-state index contributed by atoms with van der Waals surface area (Å²) in [6.07, 6.45) is -2.05. The molecular weight excluding hydrogens is 451 g/mol. The summed E-state index contributed by atoms with van der Waals surface area (Å²) in [5.41, 5.74) is 1.99. The third-order valence-corrected chi connectivity index (χ3v) is 4.54. The summed E-state index contributed by atoms with van der Waals surface area (Å²) in [6.45, 7) is 1.93. The van der Waals surface area contributed by atoms with Gasteiger partial charge in [0, 0.05) is 17.3 Å². The number of aromatic nitrogens is 4. The summed E-state index contributed by atoms with van der Waals surface area (Å²) in [7, 11) is 0. The number of rotatable bonds is 7. The highest BCUT2D eigenvalue weighted by Crippen LogP contribution is 2.28. The minimum atomic E-state index is -4.76. The van der Waals surface area contributed by atoms with Crippen LogP contribution in [0.4, 0.5) is 24.7 Å². The van der Waals surface area contributed by atoms with E-state index in [1.807, 2.05) is 30.3 Å². The quantitative estimate of drug-likeness (QED) is 0.375. The molecule has 2 heterocycles. The molecule has 0 amide bonds. The van der Waals surface area contributed by atoms with Crippen molar-refractivity contribution in [1.82, 2.24) is 19.7 Å². The second kappa shape index (κ2) is 9.61. The van der Waals surface area contributed by atoms with Crippen molar-refractivity contribution < 1.29 is 27.4 Å². The van der Waals surface area contributed by atoms with Crippen molar-refractivity contribution in [2.24, 2.45) is 0 Å². The van der Waals surface area contributed by atoms with Gasteiger partial charge in [-0.25, -0.2) is 19.4 Å². The highest BCUT2D eigenvalue weighted by molar-refractivity contribution is 5.96. The molecule has 0 radical (unpaired) electrons. The first-order chi connectivity index (χ1) is 16.3. The topological polar surface area (TPSA) is 91.2 Å². The normalized spacial score (nSPS) is 11.2. The molecule has 0 bridgehead atoms. The van der Waals surface area contributed by atoms with Crippen LogP contribution >= 0.6 is 0 Å². The van der Waals surface area contributed by atoms with E-state index in [2.05, 4.69) is 25.1 Å². The number of nitrogens with zero attached hydrogens (tertiary/aromatic N) is 4. The highest BCUT2D eigenvalue weighted by Gasteiger charge is 2.31. The molecular formula is C23H18F3N5O3. The highest BCUT2D eigenvalue weighted by atomic mass is 19.4. The molecule has 1 N–H and O–H groups in total. The van der Waals surface area contributed by atoms with Crippen LogP contribution in [0.2, 0.25) is 0 Å². The van der Waals surface area contributed by atoms with Gasteiger partial charge in [0.05, 0.1) is 18.5 Å². The molecule has 34 heavy (non-hydrogen) atoms. The van der Waals surface area contributed by atoms with Gasteiger partial charge in [0.25, 0.3) is 0 Å². The average molecular weight is 469 g/mol. The molecule has 0 atom stereocenters. The Hall–Kier alpha value is -4.41. The van der Waals surface area contributed by atoms with Crippen molar-refractivity contribution >= 4 is 17.5 Å². The second-order valence-electron chi connectivity index (χ2n) is 6.86. The molecule has 8 nitrogen and oxygen atoms in total. The maximum absolute atomic E-state index is 12.5. The van der Waals surface area contributed by atoms with E-state index in [1.54, 1.807) is 13.0 Å². The maximum atomic E-state index is 12.5. The van der Waals surface area contributed by atoms with Crippen LogP contribution in [0.15, 0.2) is 73.2 Å². The van der Waals surface area contributed by atoms with Crippen LogP contribution in [0.1, 0.15) is 17.3 Å². The molecule has 0 aliphatic carbocycles. The SMILES string of the molecule is CCOC(=O)c1cnn(-c2cc(Nc3ccc(OC(F)(F)F)cc3)ncn2)c1-c1ccccc1. The lowest BCUT2D eigenvalue weighted by Gasteiger charge is -2.12. The van der Waals surface area contributed by atoms with E-state index in [0.29, 0.717) is 23.0 Å². The van der Waals surface area contributed by atoms with E-state index < -0.39 is 12.3 Å². The Morgan fingerprint density at radius 3 is 2.47 bits per heavy atom. The first kappa shape index (κ1) is 22.8. The molecule has 0 spiro atoms. The number of alkyl halides is 3. The summed E-state index contributed by atoms with van der Waals surface area (Å²) in [5.74, 6) is -0.122. The number of benzene rings is 2. The van der Waals surface area contributed by atoms with Gasteiger partial charge < -0.3 is 14.8 Å². The van der Waals surface area contributed by atoms with Crippen molar-refractivity contribution in [2.75, 3.05) is 11.9 Å². The van der Waals surface area contributed by atoms with Gasteiger partial charge in [0.15, 0.2) is 5.82 Å². The Balaban J connectivity index is 1.65. The van der Waals surface area contributed by atoms with Gasteiger partial charge in [-0.3, -0.25) is 0 Å². The van der Waals surface area contributed by atoms with Crippen molar-refractivity contribution in [1.29, 1.82) is 0 Å². The molecule has 4 aromatic rings. The minimum absolute atomic E-state index is 0.215. The van der Waals surface area contributed by atoms with Gasteiger partial charge in [0.1, 0.15) is 23.5 Å². The number of nitrogens with one attached hydrogen (secondary N) is 1. The third-order valence-electron chi connectivity index (χ3n) is 4.54. The number of halogens is 3. The summed E-state index contributed by atoms with van der Waals surface area (Å²) >= 11 is 0. The summed E-state index contributed by atoms with van der Waals surface area (Å²) in [4.78, 5) is 20.9. The molecule has 0 fully saturated rings. The fraction of sp³-hybridized carbons (Fsp3) is 0.130. The molecule has 2 aromatic heterocycles. The first-order valence-electron chi connectivity index (χ1n) is 10.1. The monoisotopic (exact) mass is 469 g/mol. The maximum Gasteiger partial charge on any atom is 0.573 e. The number of carbonyl (C=O) groups is 1. The van der Waals surface area contributed by atoms with Crippen LogP contribution in [-0.2, 0) is 4.74 Å². The Labute approximate surface area is 192 Å². The molecule has 0 saturated heterocycles. The van der Waals surface area contributed by atoms with Crippen LogP contribution in [0, 0.1) is 0 Å². The molecule has 2 aromatic carbocycles. The van der Waals surface area contributed by atoms with Crippen LogP contribution in [0.25, 0.3) is 17.1 Å². The molecule has 4 rings (SSSR count). The van der Waals surface area contributed by atoms with E-state index in [1.165, 1.54) is 41.5 Å². The fourth-order valence-electron chi connectivity index (χ4n) is 3.17. The van der Waals surface area contributed by atoms with Crippen LogP contribution in [-0.4, -0.2) is 38.7 Å². The largest absolute Gasteiger partial charge is 0.573 e. The van der Waals surface area contributed by atoms with Gasteiger partial charge in [-0.05, 0) is 31.2 Å². The van der Waals surface area contributed by atoms with E-state index in [9.17, 15) is 18.0 Å². The predicted octanol–water partition coefficient (Wildman–Crippen LogP) is 5.15. The van der Waals surface area contributed by atoms with Crippen LogP contribution in [0.3, 0.4) is 0 Å². The van der Waals surface area contributed by atoms with Gasteiger partial charge in [-0.1, -0.05) is 30.3 Å². The predicted molar refractivity (Wildman–Crippen MR) is 117 cm³/mol. The molecule has 0 aliphatic heterocycles. The lowest BCUT2D eigenvalue weighted by atomic mass is 10.1. The lowest BCUT2D eigenvalue weighted by molar-refractivity contribution is -0.274. The van der Waals surface area contributed by atoms with Gasteiger partial charge in [0.2, 0.25) is 0 Å². The van der Waals surface area contributed by atoms with Crippen LogP contribution in [0.5, 0.6) is 5.75 Å². The average Bonchev–Trinajstić information content (AvgIpc) is 3.26. The van der Waals surface area contributed by atoms with Crippen molar-refractivity contribution in [3.63, 3.8) is 0 Å². The zero-order chi connectivity index (χ0) is 24.1. The number of hydrogen-bond acceptors (Lipinski definition) is 7. The smallest absolute Gasteiger partial charge is 0.462 e. The summed E-state index contributed by atoms with van der Waals surface area (Å²) in [5, 5.41) is 7.33. The zero-order valence-corrected chi connectivity index (χ0v) is 17.8. The first-order valence-corrected chi connectivity index (χ1v) is 10.1. The Morgan fingerprint density at radius 1 is 1.06 bits per heavy atom. The van der Waals surface area contributed by atoms with Crippen LogP contribution < -0.4 is 10.1 Å². The van der Waals surface area contributed by atoms with E-state index in [0.717, 1.165) is 5.56 Å². The van der Waals surface area contributed by atoms with Crippen molar-refractivity contribution in [2.45, 2.75) is 13.3 Å². The summed E-state index contributed by atoms with van der Waals surface area (Å²) in [6, 6.07) is 16.0. The minimum Gasteiger partial charge on any atom is -0.462 e. The Morgan fingerprint density at radius 2 is 1.79 bits per heavy atom. The lowest BCUT2D eigenvalue weighted by Crippen LogP contribution is -2.16. The van der Waals surface area contributed by atoms with E-state index in [-0.39, 0.29) is 17.9 Å². The fourth-order valence-corrected chi connectivity index (χ4v) is 3.17. The molecule has 0 saturated carbocycles. The number of anilines is 2. The number of ether oxygens (including phenoxy) is 2. The number of hydrogen-bond donors (Lipinski definition) is 1. The van der Waals surface area contributed by atoms with Gasteiger partial charge >= 0.3 is 12.3 Å². The molecule has 174 valence electrons. The Bertz CT molecular complexity index is 1280. The molecule has 11 heteroatoms. The Kier molecular flexibility index (Phi) is 6.44. The summed E-state index contributed by atoms with van der Waals surface area (Å²) < 4.78 is 47.6. The van der Waals surface area contributed by atoms with Gasteiger partial charge in [-0.2, -0.15) is 5.10 Å². The van der Waals surface area contributed by atoms with E-state index >= 15 is 0 Å². The van der Waals surface area contributed by atoms with Crippen molar-refractivity contribution in [3.8, 4) is 22.8 Å². The van der Waals surface area contributed by atoms with E-state index in [4.69, 9.17) is 4.74 Å². The molecule has 0 unspecified atom stereocenters. The van der Waals surface area contributed by atoms with Crippen molar-refractivity contribution in [3.05, 3.63) is 78.8 Å². The second-order valence-corrected chi connectivity index (χ2v) is 6.86. The standard InChI is InChI=1S/C23H18F3N5O3/c1-2-33-22(32)18-13-29-31(21(18)15-6-4-3-5-7-15)20-12-19(27-14-28-20)30-16-8-10-17(11-9-16)34-23(24,25)26/h3-14H,2H2,1H3,(H,27,28,30). The molecule has 0 aliphatic rings. The number of carbonyl (C=O) groups excluding carboxylic acids is 1. The zero-order valence-electron chi connectivity index (χ0n) is 17.8. The third kappa shape index (κ3) is 5.31.